The van der Waals surface area contributed by atoms with Crippen LogP contribution in [-0.2, 0) is 19.1 Å². The molecular formula is C11H17NO8. The van der Waals surface area contributed by atoms with Crippen molar-refractivity contribution in [3.05, 3.63) is 0 Å². The normalized spacial score (nSPS) is 39.0. The molecule has 1 spiro atoms. The highest BCUT2D eigenvalue weighted by Crippen LogP contribution is 2.42. The van der Waals surface area contributed by atoms with Crippen LogP contribution in [0.4, 0.5) is 0 Å². The van der Waals surface area contributed by atoms with Crippen molar-refractivity contribution in [2.45, 2.75) is 49.6 Å². The molecule has 2 unspecified atom stereocenters. The van der Waals surface area contributed by atoms with Gasteiger partial charge in [0.05, 0.1) is 25.2 Å². The molecule has 2 saturated heterocycles. The standard InChI is InChI=1S/C11H17NO8/c1-4(14)12-7-5(15)2-11(10(18)20-11)19-9(7)8(17)6(16)3-13/h5-9,13,15-17H,2-3H2,1H3,(H,12,14)/t5-,6+,7+,8?,9+,11?/m0/s1. The van der Waals surface area contributed by atoms with Gasteiger partial charge in [0.15, 0.2) is 0 Å². The molecule has 0 aromatic carbocycles. The summed E-state index contributed by atoms with van der Waals surface area (Å²) in [5.74, 6) is -2.80. The Kier molecular flexibility index (Phi) is 3.98. The van der Waals surface area contributed by atoms with E-state index in [9.17, 15) is 24.9 Å². The van der Waals surface area contributed by atoms with Gasteiger partial charge in [-0.3, -0.25) is 4.79 Å². The molecule has 6 atom stereocenters. The van der Waals surface area contributed by atoms with Crippen molar-refractivity contribution in [2.24, 2.45) is 0 Å². The molecule has 2 aliphatic heterocycles. The van der Waals surface area contributed by atoms with Gasteiger partial charge in [-0.05, 0) is 0 Å². The van der Waals surface area contributed by atoms with Crippen molar-refractivity contribution in [3.8, 4) is 0 Å². The second-order valence-corrected chi connectivity index (χ2v) is 4.96. The zero-order chi connectivity index (χ0) is 15.1. The maximum absolute atomic E-state index is 11.2. The summed E-state index contributed by atoms with van der Waals surface area (Å²) in [6, 6.07) is -1.04. The molecule has 0 aromatic heterocycles. The summed E-state index contributed by atoms with van der Waals surface area (Å²) in [5.41, 5.74) is 0. The molecular weight excluding hydrogens is 274 g/mol. The van der Waals surface area contributed by atoms with E-state index < -0.39 is 54.7 Å². The highest BCUT2D eigenvalue weighted by atomic mass is 16.8. The van der Waals surface area contributed by atoms with E-state index in [0.29, 0.717) is 0 Å². The van der Waals surface area contributed by atoms with Crippen molar-refractivity contribution in [2.75, 3.05) is 6.61 Å². The lowest BCUT2D eigenvalue weighted by Crippen LogP contribution is -2.63. The molecule has 0 aliphatic carbocycles. The van der Waals surface area contributed by atoms with E-state index in [1.165, 1.54) is 6.92 Å². The van der Waals surface area contributed by atoms with Crippen molar-refractivity contribution < 1.29 is 39.5 Å². The van der Waals surface area contributed by atoms with Gasteiger partial charge in [0.25, 0.3) is 0 Å². The van der Waals surface area contributed by atoms with Crippen LogP contribution < -0.4 is 5.32 Å². The van der Waals surface area contributed by atoms with Crippen LogP contribution in [0.15, 0.2) is 0 Å². The summed E-state index contributed by atoms with van der Waals surface area (Å²) in [7, 11) is 0. The van der Waals surface area contributed by atoms with Gasteiger partial charge in [0.1, 0.15) is 18.3 Å². The zero-order valence-corrected chi connectivity index (χ0v) is 10.7. The van der Waals surface area contributed by atoms with Gasteiger partial charge >= 0.3 is 11.8 Å². The number of nitrogens with one attached hydrogen (secondary N) is 1. The molecule has 0 radical (unpaired) electrons. The van der Waals surface area contributed by atoms with Crippen LogP contribution in [0.3, 0.4) is 0 Å². The highest BCUT2D eigenvalue weighted by molar-refractivity contribution is 5.91. The molecule has 2 aliphatic rings. The molecule has 0 aromatic rings. The number of amides is 1. The van der Waals surface area contributed by atoms with Crippen molar-refractivity contribution in [1.29, 1.82) is 0 Å². The van der Waals surface area contributed by atoms with Gasteiger partial charge in [-0.25, -0.2) is 4.79 Å². The number of epoxide rings is 1. The molecule has 0 bridgehead atoms. The second-order valence-electron chi connectivity index (χ2n) is 4.96. The van der Waals surface area contributed by atoms with Gasteiger partial charge in [-0.2, -0.15) is 0 Å². The number of hydrogen-bond acceptors (Lipinski definition) is 8. The number of ether oxygens (including phenoxy) is 2. The van der Waals surface area contributed by atoms with Crippen LogP contribution in [0.5, 0.6) is 0 Å². The molecule has 9 nitrogen and oxygen atoms in total. The number of hydrogen-bond donors (Lipinski definition) is 5. The van der Waals surface area contributed by atoms with Crippen LogP contribution >= 0.6 is 0 Å². The molecule has 2 rings (SSSR count). The molecule has 20 heavy (non-hydrogen) atoms. The molecule has 1 amide bonds. The van der Waals surface area contributed by atoms with Crippen molar-refractivity contribution in [1.82, 2.24) is 5.32 Å². The fourth-order valence-corrected chi connectivity index (χ4v) is 2.31. The van der Waals surface area contributed by atoms with Gasteiger partial charge < -0.3 is 35.2 Å². The Hall–Kier alpha value is -1.26. The number of aliphatic hydroxyl groups is 4. The predicted molar refractivity (Wildman–Crippen MR) is 61.0 cm³/mol. The zero-order valence-electron chi connectivity index (χ0n) is 10.7. The summed E-state index contributed by atoms with van der Waals surface area (Å²) in [4.78, 5) is 22.3. The molecule has 2 fully saturated rings. The summed E-state index contributed by atoms with van der Waals surface area (Å²) in [6.45, 7) is 0.466. The SMILES string of the molecule is CC(=O)N[C@@H]1[C@@H](O)CC2(OC2=O)O[C@H]1C(O)[C@H](O)CO. The van der Waals surface area contributed by atoms with Gasteiger partial charge in [-0.1, -0.05) is 0 Å². The van der Waals surface area contributed by atoms with Crippen LogP contribution in [0, 0.1) is 0 Å². The highest BCUT2D eigenvalue weighted by Gasteiger charge is 2.67. The Bertz CT molecular complexity index is 415. The number of aliphatic hydroxyl groups excluding tert-OH is 4. The third-order valence-electron chi connectivity index (χ3n) is 3.39. The van der Waals surface area contributed by atoms with Crippen LogP contribution in [-0.4, -0.2) is 75.2 Å². The quantitative estimate of drug-likeness (QED) is 0.337. The van der Waals surface area contributed by atoms with Gasteiger partial charge in [0.2, 0.25) is 5.91 Å². The monoisotopic (exact) mass is 291 g/mol. The Morgan fingerprint density at radius 2 is 2.15 bits per heavy atom. The van der Waals surface area contributed by atoms with Crippen molar-refractivity contribution in [3.63, 3.8) is 0 Å². The van der Waals surface area contributed by atoms with E-state index >= 15 is 0 Å². The Morgan fingerprint density at radius 3 is 2.60 bits per heavy atom. The van der Waals surface area contributed by atoms with Gasteiger partial charge in [0, 0.05) is 6.92 Å². The Labute approximate surface area is 114 Å². The van der Waals surface area contributed by atoms with Crippen LogP contribution in [0.1, 0.15) is 13.3 Å². The van der Waals surface area contributed by atoms with E-state index in [1.807, 2.05) is 0 Å². The summed E-state index contributed by atoms with van der Waals surface area (Å²) in [5, 5.41) is 40.6. The fourth-order valence-electron chi connectivity index (χ4n) is 2.31. The smallest absolute Gasteiger partial charge is 0.382 e. The average molecular weight is 291 g/mol. The summed E-state index contributed by atoms with van der Waals surface area (Å²) in [6.07, 6.45) is -5.84. The maximum atomic E-state index is 11.2. The lowest BCUT2D eigenvalue weighted by molar-refractivity contribution is -0.216. The Balaban J connectivity index is 2.20. The topological polar surface area (TPSA) is 149 Å². The minimum Gasteiger partial charge on any atom is -0.416 e. The summed E-state index contributed by atoms with van der Waals surface area (Å²) >= 11 is 0. The maximum Gasteiger partial charge on any atom is 0.382 e. The van der Waals surface area contributed by atoms with E-state index in [-0.39, 0.29) is 6.42 Å². The first-order chi connectivity index (χ1) is 9.30. The predicted octanol–water partition coefficient (Wildman–Crippen LogP) is -3.39. The number of carbonyl (C=O) groups excluding carboxylic acids is 2. The first kappa shape index (κ1) is 15.1. The minimum absolute atomic E-state index is 0.185. The third kappa shape index (κ3) is 2.63. The minimum atomic E-state index is -1.63. The first-order valence-corrected chi connectivity index (χ1v) is 6.14. The van der Waals surface area contributed by atoms with Crippen molar-refractivity contribution >= 4 is 11.9 Å². The first-order valence-electron chi connectivity index (χ1n) is 6.14. The van der Waals surface area contributed by atoms with Crippen LogP contribution in [0.25, 0.3) is 0 Å². The number of carbonyl (C=O) groups is 2. The van der Waals surface area contributed by atoms with Gasteiger partial charge in [-0.15, -0.1) is 0 Å². The second kappa shape index (κ2) is 5.26. The molecule has 9 heteroatoms. The molecule has 114 valence electrons. The number of rotatable bonds is 4. The fraction of sp³-hybridized carbons (Fsp3) is 0.818. The van der Waals surface area contributed by atoms with E-state index in [4.69, 9.17) is 9.84 Å². The van der Waals surface area contributed by atoms with E-state index in [0.717, 1.165) is 0 Å². The largest absolute Gasteiger partial charge is 0.416 e. The third-order valence-corrected chi connectivity index (χ3v) is 3.39. The average Bonchev–Trinajstić information content (AvgIpc) is 2.99. The molecule has 2 heterocycles. The molecule has 5 N–H and O–H groups in total. The van der Waals surface area contributed by atoms with Crippen LogP contribution in [0.2, 0.25) is 0 Å². The summed E-state index contributed by atoms with van der Waals surface area (Å²) < 4.78 is 9.97. The Morgan fingerprint density at radius 1 is 1.55 bits per heavy atom. The lowest BCUT2D eigenvalue weighted by atomic mass is 9.90. The van der Waals surface area contributed by atoms with E-state index in [2.05, 4.69) is 10.1 Å². The van der Waals surface area contributed by atoms with E-state index in [1.54, 1.807) is 0 Å². The molecule has 0 saturated carbocycles. The lowest BCUT2D eigenvalue weighted by Gasteiger charge is -2.40.